The molecule has 3 rings (SSSR count). The molecule has 2 aromatic rings. The number of imide groups is 1. The van der Waals surface area contributed by atoms with Gasteiger partial charge in [-0.05, 0) is 30.2 Å². The molecule has 1 saturated heterocycles. The van der Waals surface area contributed by atoms with E-state index in [9.17, 15) is 9.59 Å². The lowest BCUT2D eigenvalue weighted by Gasteiger charge is -2.38. The number of nitrogens with zero attached hydrogens (tertiary/aromatic N) is 2. The number of hydrogen-bond donors (Lipinski definition) is 1. The van der Waals surface area contributed by atoms with Gasteiger partial charge in [0.2, 0.25) is 5.91 Å². The van der Waals surface area contributed by atoms with Gasteiger partial charge in [0.25, 0.3) is 0 Å². The zero-order chi connectivity index (χ0) is 16.9. The minimum atomic E-state index is -0.324. The van der Waals surface area contributed by atoms with Crippen molar-refractivity contribution in [3.63, 3.8) is 0 Å². The van der Waals surface area contributed by atoms with Gasteiger partial charge in [-0.3, -0.25) is 14.7 Å². The number of aromatic nitrogens is 1. The third-order valence-corrected chi connectivity index (χ3v) is 5.22. The number of benzene rings is 1. The first kappa shape index (κ1) is 16.5. The van der Waals surface area contributed by atoms with Crippen molar-refractivity contribution in [1.29, 1.82) is 0 Å². The summed E-state index contributed by atoms with van der Waals surface area (Å²) in [7, 11) is 0. The maximum absolute atomic E-state index is 12.4. The molecule has 3 amide bonds. The fourth-order valence-corrected chi connectivity index (χ4v) is 3.72. The van der Waals surface area contributed by atoms with E-state index >= 15 is 0 Å². The van der Waals surface area contributed by atoms with Gasteiger partial charge in [-0.25, -0.2) is 4.79 Å². The number of hydrogen-bond acceptors (Lipinski definition) is 4. The van der Waals surface area contributed by atoms with Gasteiger partial charge >= 0.3 is 6.03 Å². The molecule has 1 fully saturated rings. The van der Waals surface area contributed by atoms with Gasteiger partial charge in [-0.2, -0.15) is 0 Å². The quantitative estimate of drug-likeness (QED) is 0.847. The topological polar surface area (TPSA) is 62.3 Å². The second kappa shape index (κ2) is 7.49. The zero-order valence-corrected chi connectivity index (χ0v) is 14.2. The molecule has 1 aromatic carbocycles. The van der Waals surface area contributed by atoms with Crippen LogP contribution in [0.25, 0.3) is 0 Å². The zero-order valence-electron chi connectivity index (χ0n) is 13.4. The van der Waals surface area contributed by atoms with Crippen LogP contribution in [-0.2, 0) is 10.5 Å². The smallest absolute Gasteiger partial charge is 0.325 e. The van der Waals surface area contributed by atoms with Crippen molar-refractivity contribution in [1.82, 2.24) is 15.2 Å². The summed E-state index contributed by atoms with van der Waals surface area (Å²) in [6.07, 6.45) is 3.89. The van der Waals surface area contributed by atoms with Crippen LogP contribution in [0.15, 0.2) is 54.9 Å². The minimum absolute atomic E-state index is 0.103. The van der Waals surface area contributed by atoms with Crippen LogP contribution in [0.2, 0.25) is 0 Å². The standard InChI is InChI=1S/C18H19N3O2S/c1-13(15-5-3-2-4-6-15)20-18(23)21-16(22)11-17(21)24-12-14-7-9-19-10-8-14/h2-10,13,17H,11-12H2,1H3,(H,20,23)/t13-,17?/m1/s1. The van der Waals surface area contributed by atoms with Gasteiger partial charge in [0.05, 0.1) is 17.8 Å². The Morgan fingerprint density at radius 1 is 1.29 bits per heavy atom. The van der Waals surface area contributed by atoms with Gasteiger partial charge in [0, 0.05) is 18.1 Å². The van der Waals surface area contributed by atoms with E-state index in [0.29, 0.717) is 6.42 Å². The first-order valence-corrected chi connectivity index (χ1v) is 8.88. The summed E-state index contributed by atoms with van der Waals surface area (Å²) in [5.41, 5.74) is 2.15. The van der Waals surface area contributed by atoms with Crippen LogP contribution in [0, 0.1) is 0 Å². The Balaban J connectivity index is 1.56. The number of rotatable bonds is 5. The molecule has 1 aliphatic heterocycles. The lowest BCUT2D eigenvalue weighted by molar-refractivity contribution is -0.137. The Kier molecular flexibility index (Phi) is 5.15. The number of nitrogens with one attached hydrogen (secondary N) is 1. The third kappa shape index (κ3) is 3.76. The van der Waals surface area contributed by atoms with Crippen LogP contribution in [0.4, 0.5) is 4.79 Å². The Hall–Kier alpha value is -2.34. The second-order valence-electron chi connectivity index (χ2n) is 5.67. The van der Waals surface area contributed by atoms with Crippen LogP contribution >= 0.6 is 11.8 Å². The number of likely N-dealkylation sites (tertiary alicyclic amines) is 1. The fourth-order valence-electron chi connectivity index (χ4n) is 2.52. The van der Waals surface area contributed by atoms with Crippen LogP contribution in [0.1, 0.15) is 30.5 Å². The summed E-state index contributed by atoms with van der Waals surface area (Å²) in [5.74, 6) is 0.623. The summed E-state index contributed by atoms with van der Waals surface area (Å²) < 4.78 is 0. The lowest BCUT2D eigenvalue weighted by atomic mass is 10.1. The Labute approximate surface area is 145 Å². The largest absolute Gasteiger partial charge is 0.331 e. The average molecular weight is 341 g/mol. The van der Waals surface area contributed by atoms with Gasteiger partial charge < -0.3 is 5.32 Å². The van der Waals surface area contributed by atoms with Crippen LogP contribution < -0.4 is 5.32 Å². The van der Waals surface area contributed by atoms with Crippen molar-refractivity contribution >= 4 is 23.7 Å². The maximum Gasteiger partial charge on any atom is 0.325 e. The molecule has 1 aliphatic rings. The third-order valence-electron chi connectivity index (χ3n) is 3.96. The van der Waals surface area contributed by atoms with Crippen molar-refractivity contribution in [3.05, 3.63) is 66.0 Å². The van der Waals surface area contributed by atoms with E-state index in [4.69, 9.17) is 0 Å². The predicted molar refractivity (Wildman–Crippen MR) is 94.2 cm³/mol. The summed E-state index contributed by atoms with van der Waals surface area (Å²) in [4.78, 5) is 29.6. The van der Waals surface area contributed by atoms with Gasteiger partial charge in [-0.1, -0.05) is 30.3 Å². The molecule has 2 heterocycles. The molecule has 124 valence electrons. The Bertz CT molecular complexity index is 709. The van der Waals surface area contributed by atoms with Crippen molar-refractivity contribution in [2.75, 3.05) is 0 Å². The monoisotopic (exact) mass is 341 g/mol. The molecule has 1 N–H and O–H groups in total. The van der Waals surface area contributed by atoms with Crippen molar-refractivity contribution in [2.24, 2.45) is 0 Å². The van der Waals surface area contributed by atoms with Crippen LogP contribution in [0.3, 0.4) is 0 Å². The molecule has 0 saturated carbocycles. The van der Waals surface area contributed by atoms with E-state index in [-0.39, 0.29) is 23.4 Å². The number of pyridine rings is 1. The van der Waals surface area contributed by atoms with E-state index in [1.54, 1.807) is 24.2 Å². The highest BCUT2D eigenvalue weighted by Gasteiger charge is 2.41. The van der Waals surface area contributed by atoms with E-state index in [0.717, 1.165) is 16.9 Å². The molecule has 24 heavy (non-hydrogen) atoms. The number of amides is 3. The molecular weight excluding hydrogens is 322 g/mol. The molecule has 1 aromatic heterocycles. The van der Waals surface area contributed by atoms with Crippen LogP contribution in [-0.4, -0.2) is 27.2 Å². The number of thioether (sulfide) groups is 1. The van der Waals surface area contributed by atoms with Crippen LogP contribution in [0.5, 0.6) is 0 Å². The summed E-state index contributed by atoms with van der Waals surface area (Å²) in [6, 6.07) is 13.1. The molecular formula is C18H19N3O2S. The normalized spacial score (nSPS) is 18.0. The number of carbonyl (C=O) groups excluding carboxylic acids is 2. The van der Waals surface area contributed by atoms with Crippen molar-refractivity contribution in [2.45, 2.75) is 30.5 Å². The predicted octanol–water partition coefficient (Wildman–Crippen LogP) is 3.34. The van der Waals surface area contributed by atoms with Gasteiger partial charge in [0.1, 0.15) is 0 Å². The van der Waals surface area contributed by atoms with Crippen molar-refractivity contribution in [3.8, 4) is 0 Å². The van der Waals surface area contributed by atoms with E-state index < -0.39 is 0 Å². The number of carbonyl (C=O) groups is 2. The SMILES string of the molecule is C[C@@H](NC(=O)N1C(=O)CC1SCc1ccncc1)c1ccccc1. The number of β-lactam (4-membered cyclic amide) rings is 1. The number of urea groups is 1. The van der Waals surface area contributed by atoms with Gasteiger partial charge in [0.15, 0.2) is 0 Å². The highest BCUT2D eigenvalue weighted by molar-refractivity contribution is 7.99. The second-order valence-corrected chi connectivity index (χ2v) is 6.84. The molecule has 5 nitrogen and oxygen atoms in total. The molecule has 0 radical (unpaired) electrons. The molecule has 0 spiro atoms. The first-order chi connectivity index (χ1) is 11.6. The molecule has 1 unspecified atom stereocenters. The maximum atomic E-state index is 12.4. The van der Waals surface area contributed by atoms with E-state index in [1.165, 1.54) is 4.90 Å². The molecule has 6 heteroatoms. The summed E-state index contributed by atoms with van der Waals surface area (Å²) >= 11 is 1.60. The Morgan fingerprint density at radius 2 is 2.00 bits per heavy atom. The van der Waals surface area contributed by atoms with E-state index in [2.05, 4.69) is 10.3 Å². The summed E-state index contributed by atoms with van der Waals surface area (Å²) in [5, 5.41) is 2.80. The average Bonchev–Trinajstić information content (AvgIpc) is 2.59. The molecule has 0 aliphatic carbocycles. The lowest BCUT2D eigenvalue weighted by Crippen LogP contribution is -2.57. The van der Waals surface area contributed by atoms with Crippen molar-refractivity contribution < 1.29 is 9.59 Å². The summed E-state index contributed by atoms with van der Waals surface area (Å²) in [6.45, 7) is 1.91. The van der Waals surface area contributed by atoms with Gasteiger partial charge in [-0.15, -0.1) is 11.8 Å². The molecule has 2 atom stereocenters. The first-order valence-electron chi connectivity index (χ1n) is 7.83. The van der Waals surface area contributed by atoms with E-state index in [1.807, 2.05) is 49.4 Å². The highest BCUT2D eigenvalue weighted by atomic mass is 32.2. The molecule has 0 bridgehead atoms. The minimum Gasteiger partial charge on any atom is -0.331 e. The highest BCUT2D eigenvalue weighted by Crippen LogP contribution is 2.32. The Morgan fingerprint density at radius 3 is 2.67 bits per heavy atom. The fraction of sp³-hybridized carbons (Fsp3) is 0.278.